The highest BCUT2D eigenvalue weighted by Crippen LogP contribution is 2.33. The van der Waals surface area contributed by atoms with Crippen LogP contribution in [0.4, 0.5) is 0 Å². The van der Waals surface area contributed by atoms with Crippen molar-refractivity contribution in [2.75, 3.05) is 6.54 Å². The average Bonchev–Trinajstić information content (AvgIpc) is 3.34. The Morgan fingerprint density at radius 2 is 1.68 bits per heavy atom. The molecule has 0 radical (unpaired) electrons. The first-order chi connectivity index (χ1) is 18.4. The predicted molar refractivity (Wildman–Crippen MR) is 151 cm³/mol. The highest BCUT2D eigenvalue weighted by atomic mass is 16.4. The molecule has 6 nitrogen and oxygen atoms in total. The van der Waals surface area contributed by atoms with Crippen LogP contribution >= 0.6 is 0 Å². The van der Waals surface area contributed by atoms with E-state index in [1.54, 1.807) is 12.1 Å². The van der Waals surface area contributed by atoms with Gasteiger partial charge in [0.05, 0.1) is 24.2 Å². The number of amides is 1. The fourth-order valence-corrected chi connectivity index (χ4v) is 5.01. The standard InChI is InChI=1S/C32H31N3O3/c1-21(2)18-30(23-10-12-24(13-11-23)32(38)33-17-16-31(36)37)35-29-15-14-25(19-26(29)20-34-35)28-9-5-7-22-6-3-4-8-27(22)28/h3-15,19-21,30H,16-18H2,1-2H3,(H,33,38)(H,36,37). The second-order valence-electron chi connectivity index (χ2n) is 10.1. The molecule has 5 aromatic rings. The molecular weight excluding hydrogens is 474 g/mol. The van der Waals surface area contributed by atoms with Crippen molar-refractivity contribution in [2.45, 2.75) is 32.7 Å². The van der Waals surface area contributed by atoms with Crippen molar-refractivity contribution < 1.29 is 14.7 Å². The van der Waals surface area contributed by atoms with Crippen LogP contribution in [0.5, 0.6) is 0 Å². The van der Waals surface area contributed by atoms with E-state index in [0.29, 0.717) is 11.5 Å². The fourth-order valence-electron chi connectivity index (χ4n) is 5.01. The van der Waals surface area contributed by atoms with Crippen LogP contribution in [0.2, 0.25) is 0 Å². The van der Waals surface area contributed by atoms with Crippen LogP contribution in [0.25, 0.3) is 32.8 Å². The van der Waals surface area contributed by atoms with Crippen LogP contribution in [-0.4, -0.2) is 33.3 Å². The van der Waals surface area contributed by atoms with Gasteiger partial charge >= 0.3 is 5.97 Å². The summed E-state index contributed by atoms with van der Waals surface area (Å²) in [6.07, 6.45) is 2.72. The number of hydrogen-bond acceptors (Lipinski definition) is 3. The lowest BCUT2D eigenvalue weighted by atomic mass is 9.95. The monoisotopic (exact) mass is 505 g/mol. The first kappa shape index (κ1) is 25.2. The number of nitrogens with zero attached hydrogens (tertiary/aromatic N) is 2. The summed E-state index contributed by atoms with van der Waals surface area (Å²) >= 11 is 0. The average molecular weight is 506 g/mol. The van der Waals surface area contributed by atoms with Gasteiger partial charge in [-0.05, 0) is 64.1 Å². The van der Waals surface area contributed by atoms with Gasteiger partial charge in [-0.2, -0.15) is 5.10 Å². The van der Waals surface area contributed by atoms with Gasteiger partial charge in [-0.25, -0.2) is 0 Å². The Morgan fingerprint density at radius 3 is 2.45 bits per heavy atom. The normalized spacial score (nSPS) is 12.2. The summed E-state index contributed by atoms with van der Waals surface area (Å²) in [4.78, 5) is 23.1. The van der Waals surface area contributed by atoms with E-state index in [9.17, 15) is 9.59 Å². The van der Waals surface area contributed by atoms with Crippen molar-refractivity contribution in [3.63, 3.8) is 0 Å². The molecule has 0 saturated carbocycles. The summed E-state index contributed by atoms with van der Waals surface area (Å²) in [5, 5.41) is 19.8. The minimum atomic E-state index is -0.937. The van der Waals surface area contributed by atoms with Crippen molar-refractivity contribution in [2.24, 2.45) is 5.92 Å². The maximum absolute atomic E-state index is 12.4. The molecule has 1 atom stereocenters. The molecule has 1 amide bonds. The Kier molecular flexibility index (Phi) is 7.22. The summed E-state index contributed by atoms with van der Waals surface area (Å²) in [5.41, 5.74) is 5.01. The fraction of sp³-hybridized carbons (Fsp3) is 0.219. The predicted octanol–water partition coefficient (Wildman–Crippen LogP) is 6.70. The molecular formula is C32H31N3O3. The minimum Gasteiger partial charge on any atom is -0.481 e. The van der Waals surface area contributed by atoms with Gasteiger partial charge < -0.3 is 10.4 Å². The van der Waals surface area contributed by atoms with Crippen LogP contribution in [0.15, 0.2) is 91.1 Å². The lowest BCUT2D eigenvalue weighted by molar-refractivity contribution is -0.136. The van der Waals surface area contributed by atoms with Gasteiger partial charge in [-0.1, -0.05) is 74.5 Å². The summed E-state index contributed by atoms with van der Waals surface area (Å²) < 4.78 is 2.09. The van der Waals surface area contributed by atoms with Crippen molar-refractivity contribution in [1.29, 1.82) is 0 Å². The third-order valence-electron chi connectivity index (χ3n) is 6.87. The van der Waals surface area contributed by atoms with Gasteiger partial charge in [0.1, 0.15) is 0 Å². The molecule has 0 bridgehead atoms. The van der Waals surface area contributed by atoms with E-state index >= 15 is 0 Å². The van der Waals surface area contributed by atoms with E-state index in [0.717, 1.165) is 28.5 Å². The van der Waals surface area contributed by atoms with Gasteiger partial charge in [0.2, 0.25) is 0 Å². The molecule has 2 N–H and O–H groups in total. The molecule has 6 heteroatoms. The molecule has 1 aromatic heterocycles. The molecule has 1 heterocycles. The number of carboxylic acids is 1. The summed E-state index contributed by atoms with van der Waals surface area (Å²) in [5.74, 6) is -0.773. The molecule has 4 aromatic carbocycles. The van der Waals surface area contributed by atoms with Crippen molar-refractivity contribution in [1.82, 2.24) is 15.1 Å². The molecule has 0 aliphatic heterocycles. The zero-order chi connectivity index (χ0) is 26.6. The topological polar surface area (TPSA) is 84.2 Å². The van der Waals surface area contributed by atoms with Crippen molar-refractivity contribution in [3.05, 3.63) is 102 Å². The lowest BCUT2D eigenvalue weighted by Crippen LogP contribution is -2.26. The Labute approximate surface area is 221 Å². The van der Waals surface area contributed by atoms with Gasteiger partial charge in [-0.3, -0.25) is 14.3 Å². The third-order valence-corrected chi connectivity index (χ3v) is 6.87. The Bertz CT molecular complexity index is 1600. The molecule has 0 spiro atoms. The van der Waals surface area contributed by atoms with Crippen LogP contribution in [0.1, 0.15) is 48.7 Å². The van der Waals surface area contributed by atoms with Gasteiger partial charge in [-0.15, -0.1) is 0 Å². The lowest BCUT2D eigenvalue weighted by Gasteiger charge is -2.21. The van der Waals surface area contributed by atoms with E-state index in [-0.39, 0.29) is 24.9 Å². The molecule has 0 aliphatic rings. The van der Waals surface area contributed by atoms with E-state index in [1.165, 1.54) is 16.3 Å². The van der Waals surface area contributed by atoms with E-state index in [1.807, 2.05) is 18.3 Å². The highest BCUT2D eigenvalue weighted by Gasteiger charge is 2.20. The number of carbonyl (C=O) groups excluding carboxylic acids is 1. The number of benzene rings is 4. The Balaban J connectivity index is 1.45. The molecule has 192 valence electrons. The quantitative estimate of drug-likeness (QED) is 0.234. The van der Waals surface area contributed by atoms with Gasteiger partial charge in [0.25, 0.3) is 5.91 Å². The zero-order valence-corrected chi connectivity index (χ0v) is 21.6. The van der Waals surface area contributed by atoms with Gasteiger partial charge in [0, 0.05) is 17.5 Å². The molecule has 0 fully saturated rings. The van der Waals surface area contributed by atoms with Crippen LogP contribution in [0.3, 0.4) is 0 Å². The maximum atomic E-state index is 12.4. The summed E-state index contributed by atoms with van der Waals surface area (Å²) in [6.45, 7) is 4.50. The molecule has 38 heavy (non-hydrogen) atoms. The number of hydrogen-bond donors (Lipinski definition) is 2. The molecule has 5 rings (SSSR count). The number of aromatic nitrogens is 2. The van der Waals surface area contributed by atoms with E-state index < -0.39 is 5.97 Å². The smallest absolute Gasteiger partial charge is 0.305 e. The second kappa shape index (κ2) is 10.9. The maximum Gasteiger partial charge on any atom is 0.305 e. The number of rotatable bonds is 9. The number of nitrogens with one attached hydrogen (secondary N) is 1. The number of aliphatic carboxylic acids is 1. The summed E-state index contributed by atoms with van der Waals surface area (Å²) in [7, 11) is 0. The van der Waals surface area contributed by atoms with Crippen LogP contribution in [0, 0.1) is 5.92 Å². The molecule has 0 saturated heterocycles. The minimum absolute atomic E-state index is 0.0139. The highest BCUT2D eigenvalue weighted by molar-refractivity contribution is 5.98. The van der Waals surface area contributed by atoms with Crippen LogP contribution in [-0.2, 0) is 4.79 Å². The number of fused-ring (bicyclic) bond motifs is 2. The number of carbonyl (C=O) groups is 2. The van der Waals surface area contributed by atoms with Crippen molar-refractivity contribution in [3.8, 4) is 11.1 Å². The zero-order valence-electron chi connectivity index (χ0n) is 21.6. The Morgan fingerprint density at radius 1 is 0.921 bits per heavy atom. The first-order valence-corrected chi connectivity index (χ1v) is 13.0. The number of carboxylic acid groups (broad SMARTS) is 1. The largest absolute Gasteiger partial charge is 0.481 e. The molecule has 0 aliphatic carbocycles. The van der Waals surface area contributed by atoms with Gasteiger partial charge in [0.15, 0.2) is 0 Å². The van der Waals surface area contributed by atoms with E-state index in [4.69, 9.17) is 10.2 Å². The first-order valence-electron chi connectivity index (χ1n) is 13.0. The summed E-state index contributed by atoms with van der Waals surface area (Å²) in [6, 6.07) is 28.9. The van der Waals surface area contributed by atoms with Crippen LogP contribution < -0.4 is 5.32 Å². The van der Waals surface area contributed by atoms with E-state index in [2.05, 4.69) is 84.5 Å². The third kappa shape index (κ3) is 5.30. The SMILES string of the molecule is CC(C)CC(c1ccc(C(=O)NCCC(=O)O)cc1)n1ncc2cc(-c3cccc4ccccc34)ccc21. The molecule has 1 unspecified atom stereocenters. The van der Waals surface area contributed by atoms with Crippen molar-refractivity contribution >= 4 is 33.6 Å². The second-order valence-corrected chi connectivity index (χ2v) is 10.1. The Hall–Kier alpha value is -4.45.